The van der Waals surface area contributed by atoms with Crippen LogP contribution in [0, 0.1) is 5.92 Å². The van der Waals surface area contributed by atoms with Crippen LogP contribution in [-0.4, -0.2) is 40.1 Å². The summed E-state index contributed by atoms with van der Waals surface area (Å²) < 4.78 is 2.13. The number of aryl methyl sites for hydroxylation is 1. The molecule has 3 rings (SSSR count). The van der Waals surface area contributed by atoms with Crippen LogP contribution >= 0.6 is 0 Å². The van der Waals surface area contributed by atoms with Crippen molar-refractivity contribution in [3.05, 3.63) is 18.2 Å². The van der Waals surface area contributed by atoms with Gasteiger partial charge in [-0.25, -0.2) is 4.98 Å². The molecule has 2 aliphatic heterocycles. The van der Waals surface area contributed by atoms with E-state index in [1.165, 1.54) is 38.2 Å². The first kappa shape index (κ1) is 10.3. The Morgan fingerprint density at radius 2 is 2.44 bits per heavy atom. The van der Waals surface area contributed by atoms with E-state index in [1.807, 2.05) is 12.5 Å². The highest BCUT2D eigenvalue weighted by molar-refractivity contribution is 5.00. The molecule has 3 heterocycles. The van der Waals surface area contributed by atoms with Crippen LogP contribution in [0.25, 0.3) is 0 Å². The molecule has 2 saturated heterocycles. The predicted octanol–water partition coefficient (Wildman–Crippen LogP) is 0.604. The quantitative estimate of drug-likeness (QED) is 0.792. The highest BCUT2D eigenvalue weighted by atomic mass is 15.2. The average Bonchev–Trinajstić information content (AvgIpc) is 2.89. The van der Waals surface area contributed by atoms with Crippen molar-refractivity contribution < 1.29 is 0 Å². The van der Waals surface area contributed by atoms with Crippen molar-refractivity contribution in [1.82, 2.24) is 19.8 Å². The lowest BCUT2D eigenvalue weighted by molar-refractivity contribution is 0.115. The molecule has 2 unspecified atom stereocenters. The highest BCUT2D eigenvalue weighted by Gasteiger charge is 2.34. The summed E-state index contributed by atoms with van der Waals surface area (Å²) in [7, 11) is 2.08. The Morgan fingerprint density at radius 1 is 1.50 bits per heavy atom. The fourth-order valence-electron chi connectivity index (χ4n) is 3.10. The molecule has 2 aliphatic rings. The molecule has 4 nitrogen and oxygen atoms in total. The van der Waals surface area contributed by atoms with Gasteiger partial charge in [-0.1, -0.05) is 0 Å². The lowest BCUT2D eigenvalue weighted by Crippen LogP contribution is -2.44. The number of piperidine rings is 1. The van der Waals surface area contributed by atoms with Crippen molar-refractivity contribution in [2.45, 2.75) is 25.4 Å². The fourth-order valence-corrected chi connectivity index (χ4v) is 3.10. The summed E-state index contributed by atoms with van der Waals surface area (Å²) in [6, 6.07) is 0.753. The van der Waals surface area contributed by atoms with Crippen molar-refractivity contribution in [3.63, 3.8) is 0 Å². The van der Waals surface area contributed by atoms with Gasteiger partial charge in [-0.05, 0) is 31.8 Å². The Bertz CT molecular complexity index is 360. The number of imidazole rings is 1. The summed E-state index contributed by atoms with van der Waals surface area (Å²) in [5.74, 6) is 0.877. The Kier molecular flexibility index (Phi) is 2.69. The zero-order valence-electron chi connectivity index (χ0n) is 9.89. The highest BCUT2D eigenvalue weighted by Crippen LogP contribution is 2.27. The second-order valence-electron chi connectivity index (χ2n) is 5.09. The van der Waals surface area contributed by atoms with E-state index in [1.54, 1.807) is 0 Å². The molecule has 88 valence electrons. The van der Waals surface area contributed by atoms with Crippen LogP contribution in [0.15, 0.2) is 12.5 Å². The van der Waals surface area contributed by atoms with Gasteiger partial charge in [0, 0.05) is 32.4 Å². The third kappa shape index (κ3) is 1.76. The van der Waals surface area contributed by atoms with Crippen molar-refractivity contribution in [2.24, 2.45) is 13.0 Å². The third-order valence-electron chi connectivity index (χ3n) is 4.07. The number of hydrogen-bond acceptors (Lipinski definition) is 3. The van der Waals surface area contributed by atoms with Gasteiger partial charge in [-0.2, -0.15) is 0 Å². The molecule has 2 fully saturated rings. The Morgan fingerprint density at radius 3 is 3.25 bits per heavy atom. The Hall–Kier alpha value is -0.870. The first-order chi connectivity index (χ1) is 7.84. The topological polar surface area (TPSA) is 33.1 Å². The molecule has 0 saturated carbocycles. The number of rotatable bonds is 2. The largest absolute Gasteiger partial charge is 0.337 e. The Balaban J connectivity index is 1.72. The minimum atomic E-state index is 0.753. The minimum absolute atomic E-state index is 0.753. The summed E-state index contributed by atoms with van der Waals surface area (Å²) in [6.07, 6.45) is 6.63. The van der Waals surface area contributed by atoms with Crippen LogP contribution < -0.4 is 5.32 Å². The lowest BCUT2D eigenvalue weighted by Gasteiger charge is -2.36. The standard InChI is InChI=1S/C12H20N4/c1-15-9-14-6-11(15)8-16-4-2-3-10-5-13-7-12(10)16/h6,9-10,12-13H,2-5,7-8H2,1H3. The van der Waals surface area contributed by atoms with E-state index in [0.29, 0.717) is 0 Å². The van der Waals surface area contributed by atoms with Gasteiger partial charge in [-0.3, -0.25) is 4.90 Å². The van der Waals surface area contributed by atoms with Gasteiger partial charge in [0.15, 0.2) is 0 Å². The van der Waals surface area contributed by atoms with Crippen molar-refractivity contribution in [3.8, 4) is 0 Å². The molecule has 1 aromatic heterocycles. The zero-order chi connectivity index (χ0) is 11.0. The van der Waals surface area contributed by atoms with Crippen LogP contribution in [0.5, 0.6) is 0 Å². The zero-order valence-corrected chi connectivity index (χ0v) is 9.89. The van der Waals surface area contributed by atoms with Gasteiger partial charge in [-0.15, -0.1) is 0 Å². The summed E-state index contributed by atoms with van der Waals surface area (Å²) in [5.41, 5.74) is 1.33. The van der Waals surface area contributed by atoms with Crippen LogP contribution in [0.3, 0.4) is 0 Å². The van der Waals surface area contributed by atoms with Crippen LogP contribution in [0.4, 0.5) is 0 Å². The number of nitrogens with zero attached hydrogens (tertiary/aromatic N) is 3. The number of aromatic nitrogens is 2. The minimum Gasteiger partial charge on any atom is -0.337 e. The van der Waals surface area contributed by atoms with E-state index >= 15 is 0 Å². The van der Waals surface area contributed by atoms with Gasteiger partial charge in [0.05, 0.1) is 12.0 Å². The van der Waals surface area contributed by atoms with Crippen molar-refractivity contribution in [1.29, 1.82) is 0 Å². The smallest absolute Gasteiger partial charge is 0.0945 e. The first-order valence-electron chi connectivity index (χ1n) is 6.24. The second kappa shape index (κ2) is 4.18. The molecular weight excluding hydrogens is 200 g/mol. The van der Waals surface area contributed by atoms with E-state index in [9.17, 15) is 0 Å². The molecule has 0 amide bonds. The molecule has 0 spiro atoms. The molecule has 2 atom stereocenters. The maximum Gasteiger partial charge on any atom is 0.0945 e. The summed E-state index contributed by atoms with van der Waals surface area (Å²) in [4.78, 5) is 6.82. The maximum atomic E-state index is 4.19. The van der Waals surface area contributed by atoms with Gasteiger partial charge in [0.1, 0.15) is 0 Å². The summed E-state index contributed by atoms with van der Waals surface area (Å²) >= 11 is 0. The van der Waals surface area contributed by atoms with E-state index in [4.69, 9.17) is 0 Å². The van der Waals surface area contributed by atoms with Gasteiger partial charge in [0.25, 0.3) is 0 Å². The molecule has 16 heavy (non-hydrogen) atoms. The van der Waals surface area contributed by atoms with Gasteiger partial charge in [0.2, 0.25) is 0 Å². The molecule has 0 bridgehead atoms. The number of fused-ring (bicyclic) bond motifs is 1. The van der Waals surface area contributed by atoms with E-state index < -0.39 is 0 Å². The van der Waals surface area contributed by atoms with Crippen molar-refractivity contribution >= 4 is 0 Å². The predicted molar refractivity (Wildman–Crippen MR) is 63.0 cm³/mol. The number of likely N-dealkylation sites (tertiary alicyclic amines) is 1. The normalized spacial score (nSPS) is 30.6. The molecule has 1 aromatic rings. The average molecular weight is 220 g/mol. The SMILES string of the molecule is Cn1cncc1CN1CCCC2CNCC21. The summed E-state index contributed by atoms with van der Waals surface area (Å²) in [6.45, 7) is 4.68. The van der Waals surface area contributed by atoms with E-state index in [0.717, 1.165) is 18.5 Å². The first-order valence-corrected chi connectivity index (χ1v) is 6.24. The second-order valence-corrected chi connectivity index (χ2v) is 5.09. The molecule has 0 aliphatic carbocycles. The molecule has 0 radical (unpaired) electrons. The number of nitrogens with one attached hydrogen (secondary N) is 1. The molecular formula is C12H20N4. The van der Waals surface area contributed by atoms with Crippen molar-refractivity contribution in [2.75, 3.05) is 19.6 Å². The Labute approximate surface area is 96.7 Å². The van der Waals surface area contributed by atoms with Crippen LogP contribution in [-0.2, 0) is 13.6 Å². The van der Waals surface area contributed by atoms with Gasteiger partial charge >= 0.3 is 0 Å². The molecule has 4 heteroatoms. The van der Waals surface area contributed by atoms with Crippen LogP contribution in [0.1, 0.15) is 18.5 Å². The summed E-state index contributed by atoms with van der Waals surface area (Å²) in [5, 5.41) is 3.52. The van der Waals surface area contributed by atoms with E-state index in [2.05, 4.69) is 26.8 Å². The maximum absolute atomic E-state index is 4.19. The molecule has 0 aromatic carbocycles. The molecule has 1 N–H and O–H groups in total. The van der Waals surface area contributed by atoms with E-state index in [-0.39, 0.29) is 0 Å². The lowest BCUT2D eigenvalue weighted by atomic mass is 9.92. The van der Waals surface area contributed by atoms with Crippen LogP contribution in [0.2, 0.25) is 0 Å². The monoisotopic (exact) mass is 220 g/mol. The number of hydrogen-bond donors (Lipinski definition) is 1. The fraction of sp³-hybridized carbons (Fsp3) is 0.750. The third-order valence-corrected chi connectivity index (χ3v) is 4.07. The van der Waals surface area contributed by atoms with Gasteiger partial charge < -0.3 is 9.88 Å².